The number of aromatic nitrogens is 1. The molecule has 0 saturated carbocycles. The Kier molecular flexibility index (Phi) is 13.4. The molecule has 0 unspecified atom stereocenters. The van der Waals surface area contributed by atoms with Gasteiger partial charge in [-0.2, -0.15) is 0 Å². The summed E-state index contributed by atoms with van der Waals surface area (Å²) in [6, 6.07) is 33.8. The molecule has 2 amide bonds. The van der Waals surface area contributed by atoms with Crippen LogP contribution in [0.5, 0.6) is 5.75 Å². The van der Waals surface area contributed by atoms with E-state index in [1.165, 1.54) is 0 Å². The maximum Gasteiger partial charge on any atom is 0.268 e. The van der Waals surface area contributed by atoms with Crippen LogP contribution in [0.1, 0.15) is 65.9 Å². The van der Waals surface area contributed by atoms with Gasteiger partial charge < -0.3 is 25.5 Å². The van der Waals surface area contributed by atoms with Crippen LogP contribution in [-0.4, -0.2) is 52.5 Å². The first-order chi connectivity index (χ1) is 25.0. The molecule has 0 aliphatic rings. The van der Waals surface area contributed by atoms with Crippen LogP contribution in [0, 0.1) is 25.7 Å². The molecule has 272 valence electrons. The van der Waals surface area contributed by atoms with Crippen molar-refractivity contribution < 1.29 is 24.2 Å². The first-order valence-electron chi connectivity index (χ1n) is 18.2. The number of rotatable bonds is 18. The summed E-state index contributed by atoms with van der Waals surface area (Å²) < 4.78 is 5.95. The number of ether oxygens (including phenoxy) is 1. The monoisotopic (exact) mass is 701 g/mol. The van der Waals surface area contributed by atoms with Crippen molar-refractivity contribution in [1.82, 2.24) is 15.6 Å². The quantitative estimate of drug-likeness (QED) is 0.0764. The zero-order valence-corrected chi connectivity index (χ0v) is 30.6. The highest BCUT2D eigenvalue weighted by molar-refractivity contribution is 6.00. The fourth-order valence-corrected chi connectivity index (χ4v) is 6.85. The molecule has 4 aromatic carbocycles. The molecule has 0 bridgehead atoms. The van der Waals surface area contributed by atoms with Gasteiger partial charge in [0.2, 0.25) is 0 Å². The molecular formula is C44H51N3O5. The average Bonchev–Trinajstić information content (AvgIpc) is 3.56. The Morgan fingerprint density at radius 2 is 1.37 bits per heavy atom. The largest absolute Gasteiger partial charge is 0.483 e. The molecule has 0 spiro atoms. The van der Waals surface area contributed by atoms with Gasteiger partial charge in [-0.15, -0.1) is 0 Å². The summed E-state index contributed by atoms with van der Waals surface area (Å²) in [5.74, 6) is -0.399. The molecule has 1 aromatic heterocycles. The van der Waals surface area contributed by atoms with Crippen molar-refractivity contribution in [1.29, 1.82) is 0 Å². The van der Waals surface area contributed by atoms with E-state index in [9.17, 15) is 19.5 Å². The molecule has 8 nitrogen and oxygen atoms in total. The van der Waals surface area contributed by atoms with Crippen LogP contribution in [0.15, 0.2) is 109 Å². The van der Waals surface area contributed by atoms with Crippen LogP contribution in [0.4, 0.5) is 0 Å². The summed E-state index contributed by atoms with van der Waals surface area (Å²) in [5, 5.41) is 19.0. The van der Waals surface area contributed by atoms with E-state index in [1.54, 1.807) is 6.07 Å². The van der Waals surface area contributed by atoms with Crippen molar-refractivity contribution in [2.75, 3.05) is 6.61 Å². The number of Topliss-reactive ketones (excluding diaryl/α,β-unsaturated/α-hetero) is 1. The minimum atomic E-state index is -0.929. The van der Waals surface area contributed by atoms with Crippen molar-refractivity contribution in [2.45, 2.75) is 78.0 Å². The fourth-order valence-electron chi connectivity index (χ4n) is 6.85. The maximum absolute atomic E-state index is 14.1. The molecule has 0 saturated heterocycles. The molecule has 0 fully saturated rings. The number of aliphatic hydroxyl groups is 1. The standard InChI is InChI=1S/C44H51N3O5/c1-29(2)22-38(47-44(51)39-25-34-20-11-12-21-37(34)46-39)41(49)26-35(23-32-16-7-5-8-17-32)40(48)27-36(24-33-18-9-6-10-19-33)45-42(50)28-52-43-30(3)14-13-15-31(43)4/h5-21,25,29,35-36,38,40,46,48H,22-24,26-28H2,1-4H3,(H,45,50)(H,47,51)/t35-,36+,38+,40+/m1/s1. The third-order valence-electron chi connectivity index (χ3n) is 9.50. The third kappa shape index (κ3) is 10.9. The number of carbonyl (C=O) groups excluding carboxylic acids is 3. The van der Waals surface area contributed by atoms with Crippen molar-refractivity contribution in [3.63, 3.8) is 0 Å². The molecule has 4 atom stereocenters. The lowest BCUT2D eigenvalue weighted by Gasteiger charge is -2.29. The van der Waals surface area contributed by atoms with E-state index in [4.69, 9.17) is 4.74 Å². The smallest absolute Gasteiger partial charge is 0.268 e. The van der Waals surface area contributed by atoms with Gasteiger partial charge in [-0.25, -0.2) is 0 Å². The van der Waals surface area contributed by atoms with Gasteiger partial charge in [0.15, 0.2) is 12.4 Å². The molecule has 52 heavy (non-hydrogen) atoms. The minimum absolute atomic E-state index is 0.0576. The van der Waals surface area contributed by atoms with Crippen molar-refractivity contribution in [3.8, 4) is 5.75 Å². The van der Waals surface area contributed by atoms with E-state index < -0.39 is 24.1 Å². The number of para-hydroxylation sites is 2. The summed E-state index contributed by atoms with van der Waals surface area (Å²) in [6.45, 7) is 7.77. The van der Waals surface area contributed by atoms with Crippen LogP contribution in [0.2, 0.25) is 0 Å². The number of nitrogens with one attached hydrogen (secondary N) is 3. The number of fused-ring (bicyclic) bond motifs is 1. The van der Waals surface area contributed by atoms with Gasteiger partial charge in [-0.05, 0) is 85.8 Å². The second kappa shape index (κ2) is 18.3. The number of amides is 2. The van der Waals surface area contributed by atoms with Crippen LogP contribution < -0.4 is 15.4 Å². The van der Waals surface area contributed by atoms with Crippen LogP contribution >= 0.6 is 0 Å². The predicted octanol–water partition coefficient (Wildman–Crippen LogP) is 7.30. The molecule has 0 radical (unpaired) electrons. The fraction of sp³-hybridized carbons (Fsp3) is 0.341. The highest BCUT2D eigenvalue weighted by Crippen LogP contribution is 2.25. The zero-order valence-electron chi connectivity index (χ0n) is 30.6. The van der Waals surface area contributed by atoms with Crippen molar-refractivity contribution in [2.24, 2.45) is 11.8 Å². The zero-order chi connectivity index (χ0) is 37.0. The maximum atomic E-state index is 14.1. The van der Waals surface area contributed by atoms with E-state index in [0.717, 1.165) is 33.2 Å². The first-order valence-corrected chi connectivity index (χ1v) is 18.2. The van der Waals surface area contributed by atoms with E-state index in [1.807, 2.05) is 131 Å². The van der Waals surface area contributed by atoms with E-state index in [2.05, 4.69) is 15.6 Å². The van der Waals surface area contributed by atoms with Gasteiger partial charge in [0.25, 0.3) is 11.8 Å². The topological polar surface area (TPSA) is 121 Å². The van der Waals surface area contributed by atoms with Gasteiger partial charge in [0, 0.05) is 23.4 Å². The number of aromatic amines is 1. The van der Waals surface area contributed by atoms with E-state index in [0.29, 0.717) is 30.7 Å². The first kappa shape index (κ1) is 38.0. The molecule has 5 rings (SSSR count). The van der Waals surface area contributed by atoms with Crippen molar-refractivity contribution >= 4 is 28.5 Å². The highest BCUT2D eigenvalue weighted by Gasteiger charge is 2.31. The van der Waals surface area contributed by atoms with Crippen LogP contribution in [-0.2, 0) is 22.4 Å². The third-order valence-corrected chi connectivity index (χ3v) is 9.50. The SMILES string of the molecule is Cc1cccc(C)c1OCC(=O)N[C@@H](Cc1ccccc1)C[C@H](O)[C@@H](CC(=O)[C@H](CC(C)C)NC(=O)c1cc2ccccc2[nH]1)Cc1ccccc1. The summed E-state index contributed by atoms with van der Waals surface area (Å²) in [4.78, 5) is 44.0. The summed E-state index contributed by atoms with van der Waals surface area (Å²) in [5.41, 5.74) is 5.15. The lowest BCUT2D eigenvalue weighted by atomic mass is 9.83. The van der Waals surface area contributed by atoms with E-state index >= 15 is 0 Å². The second-order valence-electron chi connectivity index (χ2n) is 14.3. The van der Waals surface area contributed by atoms with Gasteiger partial charge in [-0.3, -0.25) is 14.4 Å². The number of aryl methyl sites for hydroxylation is 2. The predicted molar refractivity (Wildman–Crippen MR) is 206 cm³/mol. The number of H-pyrrole nitrogens is 1. The Morgan fingerprint density at radius 1 is 0.750 bits per heavy atom. The molecule has 4 N–H and O–H groups in total. The number of ketones is 1. The summed E-state index contributed by atoms with van der Waals surface area (Å²) in [6.07, 6.45) is 0.774. The van der Waals surface area contributed by atoms with Crippen LogP contribution in [0.3, 0.4) is 0 Å². The number of benzene rings is 4. The molecule has 1 heterocycles. The number of hydrogen-bond donors (Lipinski definition) is 4. The average molecular weight is 702 g/mol. The Labute approximate surface area is 307 Å². The molecule has 0 aliphatic carbocycles. The number of hydrogen-bond acceptors (Lipinski definition) is 5. The minimum Gasteiger partial charge on any atom is -0.483 e. The normalized spacial score (nSPS) is 13.7. The number of carbonyl (C=O) groups is 3. The van der Waals surface area contributed by atoms with Gasteiger partial charge in [0.05, 0.1) is 12.1 Å². The summed E-state index contributed by atoms with van der Waals surface area (Å²) in [7, 11) is 0. The van der Waals surface area contributed by atoms with Gasteiger partial charge >= 0.3 is 0 Å². The molecule has 5 aromatic rings. The van der Waals surface area contributed by atoms with E-state index in [-0.39, 0.29) is 43.0 Å². The van der Waals surface area contributed by atoms with Crippen LogP contribution in [0.25, 0.3) is 10.9 Å². The van der Waals surface area contributed by atoms with Gasteiger partial charge in [-0.1, -0.05) is 111 Å². The highest BCUT2D eigenvalue weighted by atomic mass is 16.5. The Morgan fingerprint density at radius 3 is 2.00 bits per heavy atom. The molecule has 0 aliphatic heterocycles. The molecular weight excluding hydrogens is 650 g/mol. The Balaban J connectivity index is 1.33. The Bertz CT molecular complexity index is 1870. The lowest BCUT2D eigenvalue weighted by molar-refractivity contribution is -0.125. The molecule has 8 heteroatoms. The van der Waals surface area contributed by atoms with Gasteiger partial charge in [0.1, 0.15) is 11.4 Å². The Hall–Kier alpha value is -5.21. The second-order valence-corrected chi connectivity index (χ2v) is 14.3. The summed E-state index contributed by atoms with van der Waals surface area (Å²) >= 11 is 0. The lowest BCUT2D eigenvalue weighted by Crippen LogP contribution is -2.45. The number of aliphatic hydroxyl groups excluding tert-OH is 1. The van der Waals surface area contributed by atoms with Crippen molar-refractivity contribution in [3.05, 3.63) is 137 Å².